The Kier molecular flexibility index (Phi) is 4.78. The van der Waals surface area contributed by atoms with E-state index in [4.69, 9.17) is 5.73 Å². The van der Waals surface area contributed by atoms with E-state index in [-0.39, 0.29) is 12.5 Å². The largest absolute Gasteiger partial charge is 0.399 e. The van der Waals surface area contributed by atoms with Gasteiger partial charge in [0, 0.05) is 19.3 Å². The van der Waals surface area contributed by atoms with E-state index in [1.54, 1.807) is 18.2 Å². The lowest BCUT2D eigenvalue weighted by Crippen LogP contribution is -2.45. The number of nitrogens with zero attached hydrogens (tertiary/aromatic N) is 1. The van der Waals surface area contributed by atoms with Gasteiger partial charge >= 0.3 is 0 Å². The minimum atomic E-state index is -0.477. The van der Waals surface area contributed by atoms with Gasteiger partial charge in [0.05, 0.1) is 23.4 Å². The van der Waals surface area contributed by atoms with Gasteiger partial charge in [0.2, 0.25) is 0 Å². The fraction of sp³-hybridized carbons (Fsp3) is 0.500. The summed E-state index contributed by atoms with van der Waals surface area (Å²) in [5.74, 6) is -0.141. The summed E-state index contributed by atoms with van der Waals surface area (Å²) in [6, 6.07) is 5.16. The summed E-state index contributed by atoms with van der Waals surface area (Å²) >= 11 is 0. The highest BCUT2D eigenvalue weighted by atomic mass is 16.3. The molecule has 0 radical (unpaired) electrons. The third-order valence-electron chi connectivity index (χ3n) is 3.26. The van der Waals surface area contributed by atoms with Crippen LogP contribution in [0.1, 0.15) is 31.1 Å². The van der Waals surface area contributed by atoms with Crippen LogP contribution in [-0.4, -0.2) is 36.8 Å². The number of aliphatic hydroxyl groups is 1. The van der Waals surface area contributed by atoms with Crippen molar-refractivity contribution in [1.29, 1.82) is 0 Å². The zero-order valence-corrected chi connectivity index (χ0v) is 12.0. The predicted molar refractivity (Wildman–Crippen MR) is 78.4 cm³/mol. The fourth-order valence-electron chi connectivity index (χ4n) is 1.71. The highest BCUT2D eigenvalue weighted by Gasteiger charge is 2.26. The van der Waals surface area contributed by atoms with Gasteiger partial charge in [-0.15, -0.1) is 0 Å². The lowest BCUT2D eigenvalue weighted by atomic mass is 10.0. The van der Waals surface area contributed by atoms with Crippen LogP contribution in [-0.2, 0) is 0 Å². The van der Waals surface area contributed by atoms with E-state index < -0.39 is 5.54 Å². The molecule has 0 heterocycles. The van der Waals surface area contributed by atoms with Gasteiger partial charge in [-0.05, 0) is 39.0 Å². The molecule has 0 aromatic heterocycles. The number of rotatable bonds is 5. The molecule has 0 spiro atoms. The second-order valence-corrected chi connectivity index (χ2v) is 5.17. The lowest BCUT2D eigenvalue weighted by molar-refractivity contribution is 0.0956. The first kappa shape index (κ1) is 15.3. The number of nitrogens with two attached hydrogens (primary N) is 1. The van der Waals surface area contributed by atoms with Crippen molar-refractivity contribution in [3.05, 3.63) is 23.8 Å². The second kappa shape index (κ2) is 5.93. The molecule has 1 aromatic rings. The van der Waals surface area contributed by atoms with E-state index in [0.29, 0.717) is 23.5 Å². The number of nitrogens with one attached hydrogen (secondary N) is 1. The summed E-state index contributed by atoms with van der Waals surface area (Å²) in [4.78, 5) is 13.9. The fourth-order valence-corrected chi connectivity index (χ4v) is 1.71. The number of hydrogen-bond donors (Lipinski definition) is 3. The number of benzene rings is 1. The Hall–Kier alpha value is -1.75. The normalized spacial score (nSPS) is 11.2. The Bertz CT molecular complexity index is 458. The standard InChI is InChI=1S/C14H23N3O2/c1-5-16-13(19)11-7-6-10(15)8-12(11)17(4)14(2,3)9-18/h6-8,18H,5,9,15H2,1-4H3,(H,16,19). The summed E-state index contributed by atoms with van der Waals surface area (Å²) in [5, 5.41) is 12.2. The quantitative estimate of drug-likeness (QED) is 0.700. The average molecular weight is 265 g/mol. The summed E-state index contributed by atoms with van der Waals surface area (Å²) in [5.41, 5.74) is 7.18. The van der Waals surface area contributed by atoms with Crippen molar-refractivity contribution in [3.8, 4) is 0 Å². The first-order valence-electron chi connectivity index (χ1n) is 6.36. The average Bonchev–Trinajstić information content (AvgIpc) is 2.37. The number of amides is 1. The van der Waals surface area contributed by atoms with Crippen molar-refractivity contribution in [2.24, 2.45) is 0 Å². The van der Waals surface area contributed by atoms with Gasteiger partial charge in [-0.3, -0.25) is 4.79 Å². The number of carbonyl (C=O) groups is 1. The molecule has 1 amide bonds. The van der Waals surface area contributed by atoms with E-state index in [1.165, 1.54) is 0 Å². The van der Waals surface area contributed by atoms with Crippen LogP contribution in [0.4, 0.5) is 11.4 Å². The van der Waals surface area contributed by atoms with Crippen molar-refractivity contribution in [1.82, 2.24) is 5.32 Å². The molecular weight excluding hydrogens is 242 g/mol. The van der Waals surface area contributed by atoms with E-state index in [2.05, 4.69) is 5.32 Å². The van der Waals surface area contributed by atoms with Gasteiger partial charge in [-0.2, -0.15) is 0 Å². The summed E-state index contributed by atoms with van der Waals surface area (Å²) < 4.78 is 0. The number of carbonyl (C=O) groups excluding carboxylic acids is 1. The van der Waals surface area contributed by atoms with Crippen LogP contribution in [0.5, 0.6) is 0 Å². The van der Waals surface area contributed by atoms with Gasteiger partial charge < -0.3 is 21.1 Å². The minimum Gasteiger partial charge on any atom is -0.399 e. The number of anilines is 2. The third-order valence-corrected chi connectivity index (χ3v) is 3.26. The highest BCUT2D eigenvalue weighted by molar-refractivity contribution is 6.00. The number of likely N-dealkylation sites (N-methyl/N-ethyl adjacent to an activating group) is 1. The molecule has 0 aliphatic rings. The van der Waals surface area contributed by atoms with Crippen molar-refractivity contribution >= 4 is 17.3 Å². The van der Waals surface area contributed by atoms with Crippen LogP contribution in [0.25, 0.3) is 0 Å². The third kappa shape index (κ3) is 3.38. The van der Waals surface area contributed by atoms with E-state index >= 15 is 0 Å². The minimum absolute atomic E-state index is 0.0207. The molecular formula is C14H23N3O2. The second-order valence-electron chi connectivity index (χ2n) is 5.17. The molecule has 1 aromatic carbocycles. The molecule has 0 atom stereocenters. The molecule has 0 saturated heterocycles. The van der Waals surface area contributed by atoms with Gasteiger partial charge in [-0.1, -0.05) is 0 Å². The molecule has 0 aliphatic carbocycles. The topological polar surface area (TPSA) is 78.6 Å². The number of aliphatic hydroxyl groups excluding tert-OH is 1. The lowest BCUT2D eigenvalue weighted by Gasteiger charge is -2.37. The molecule has 4 N–H and O–H groups in total. The maximum Gasteiger partial charge on any atom is 0.253 e. The molecule has 5 heteroatoms. The highest BCUT2D eigenvalue weighted by Crippen LogP contribution is 2.28. The van der Waals surface area contributed by atoms with Crippen LogP contribution in [0.2, 0.25) is 0 Å². The smallest absolute Gasteiger partial charge is 0.253 e. The molecule has 0 saturated carbocycles. The van der Waals surface area contributed by atoms with Crippen LogP contribution in [0.15, 0.2) is 18.2 Å². The predicted octanol–water partition coefficient (Wildman–Crippen LogP) is 1.23. The number of hydrogen-bond acceptors (Lipinski definition) is 4. The molecule has 0 bridgehead atoms. The Morgan fingerprint density at radius 1 is 1.47 bits per heavy atom. The van der Waals surface area contributed by atoms with Crippen LogP contribution < -0.4 is 16.0 Å². The van der Waals surface area contributed by atoms with Gasteiger partial charge in [-0.25, -0.2) is 0 Å². The number of nitrogen functional groups attached to an aromatic ring is 1. The van der Waals surface area contributed by atoms with Crippen molar-refractivity contribution in [2.45, 2.75) is 26.3 Å². The van der Waals surface area contributed by atoms with Crippen molar-refractivity contribution in [2.75, 3.05) is 30.8 Å². The first-order valence-corrected chi connectivity index (χ1v) is 6.36. The molecule has 1 rings (SSSR count). The Morgan fingerprint density at radius 2 is 2.11 bits per heavy atom. The molecule has 0 fully saturated rings. The van der Waals surface area contributed by atoms with E-state index in [0.717, 1.165) is 0 Å². The van der Waals surface area contributed by atoms with Crippen LogP contribution in [0.3, 0.4) is 0 Å². The van der Waals surface area contributed by atoms with E-state index in [1.807, 2.05) is 32.7 Å². The monoisotopic (exact) mass is 265 g/mol. The zero-order valence-electron chi connectivity index (χ0n) is 12.0. The maximum atomic E-state index is 12.1. The molecule has 106 valence electrons. The summed E-state index contributed by atoms with van der Waals surface area (Å²) in [6.45, 7) is 6.22. The van der Waals surface area contributed by atoms with Crippen molar-refractivity contribution in [3.63, 3.8) is 0 Å². The molecule has 19 heavy (non-hydrogen) atoms. The van der Waals surface area contributed by atoms with Gasteiger partial charge in [0.25, 0.3) is 5.91 Å². The zero-order chi connectivity index (χ0) is 14.6. The van der Waals surface area contributed by atoms with Crippen molar-refractivity contribution < 1.29 is 9.90 Å². The summed E-state index contributed by atoms with van der Waals surface area (Å²) in [6.07, 6.45) is 0. The van der Waals surface area contributed by atoms with Crippen LogP contribution in [0, 0.1) is 0 Å². The Morgan fingerprint density at radius 3 is 2.63 bits per heavy atom. The van der Waals surface area contributed by atoms with E-state index in [9.17, 15) is 9.90 Å². The summed E-state index contributed by atoms with van der Waals surface area (Å²) in [7, 11) is 1.84. The van der Waals surface area contributed by atoms with Gasteiger partial charge in [0.1, 0.15) is 0 Å². The maximum absolute atomic E-state index is 12.1. The SMILES string of the molecule is CCNC(=O)c1ccc(N)cc1N(C)C(C)(C)CO. The van der Waals surface area contributed by atoms with Crippen LogP contribution >= 0.6 is 0 Å². The molecule has 0 unspecified atom stereocenters. The Balaban J connectivity index is 3.24. The Labute approximate surface area is 114 Å². The molecule has 5 nitrogen and oxygen atoms in total. The first-order chi connectivity index (χ1) is 8.83. The van der Waals surface area contributed by atoms with Gasteiger partial charge in [0.15, 0.2) is 0 Å². The molecule has 0 aliphatic heterocycles.